The summed E-state index contributed by atoms with van der Waals surface area (Å²) in [6.45, 7) is 2.76. The molecule has 1 aromatic carbocycles. The molecule has 1 aliphatic heterocycles. The van der Waals surface area contributed by atoms with Crippen molar-refractivity contribution in [2.24, 2.45) is 5.92 Å². The molecule has 0 bridgehead atoms. The first kappa shape index (κ1) is 17.4. The number of aryl methyl sites for hydroxylation is 1. The molecule has 6 nitrogen and oxygen atoms in total. The number of fused-ring (bicyclic) bond motifs is 1. The van der Waals surface area contributed by atoms with Gasteiger partial charge in [0.15, 0.2) is 0 Å². The number of piperidine rings is 1. The number of aromatic nitrogens is 1. The maximum atomic E-state index is 12.6. The second-order valence-corrected chi connectivity index (χ2v) is 6.56. The molecule has 0 spiro atoms. The normalized spacial score (nSPS) is 15.5. The number of likely N-dealkylation sites (tertiary alicyclic amines) is 1. The fourth-order valence-corrected chi connectivity index (χ4v) is 3.45. The predicted octanol–water partition coefficient (Wildman–Crippen LogP) is 1.90. The average Bonchev–Trinajstić information content (AvgIpc) is 2.61. The van der Waals surface area contributed by atoms with Crippen LogP contribution in [0.3, 0.4) is 0 Å². The number of rotatable bonds is 4. The molecule has 1 fully saturated rings. The minimum Gasteiger partial charge on any atom is -0.481 e. The molecule has 3 rings (SSSR count). The van der Waals surface area contributed by atoms with Gasteiger partial charge in [-0.3, -0.25) is 14.6 Å². The molecule has 2 heterocycles. The Morgan fingerprint density at radius 2 is 1.96 bits per heavy atom. The Morgan fingerprint density at radius 1 is 1.24 bits per heavy atom. The first-order valence-corrected chi connectivity index (χ1v) is 8.49. The number of aliphatic hydroxyl groups is 1. The van der Waals surface area contributed by atoms with Gasteiger partial charge in [0.05, 0.1) is 24.5 Å². The molecule has 0 unspecified atom stereocenters. The van der Waals surface area contributed by atoms with Crippen LogP contribution < -0.4 is 0 Å². The van der Waals surface area contributed by atoms with Gasteiger partial charge in [-0.05, 0) is 37.0 Å². The van der Waals surface area contributed by atoms with Crippen molar-refractivity contribution in [3.63, 3.8) is 0 Å². The van der Waals surface area contributed by atoms with Gasteiger partial charge in [0.1, 0.15) is 0 Å². The van der Waals surface area contributed by atoms with Crippen LogP contribution >= 0.6 is 0 Å². The number of hydrogen-bond acceptors (Lipinski definition) is 4. The molecule has 0 atom stereocenters. The third-order valence-corrected chi connectivity index (χ3v) is 4.85. The first-order chi connectivity index (χ1) is 12.0. The average molecular weight is 342 g/mol. The molecule has 1 aromatic heterocycles. The van der Waals surface area contributed by atoms with Crippen LogP contribution in [0.4, 0.5) is 0 Å². The number of nitrogens with zero attached hydrogens (tertiary/aromatic N) is 2. The van der Waals surface area contributed by atoms with Gasteiger partial charge < -0.3 is 15.1 Å². The van der Waals surface area contributed by atoms with Crippen molar-refractivity contribution in [2.45, 2.75) is 32.8 Å². The van der Waals surface area contributed by atoms with Crippen molar-refractivity contribution in [3.05, 3.63) is 41.1 Å². The van der Waals surface area contributed by atoms with Gasteiger partial charge >= 0.3 is 5.97 Å². The van der Waals surface area contributed by atoms with Gasteiger partial charge in [-0.2, -0.15) is 0 Å². The number of benzene rings is 1. The smallest absolute Gasteiger partial charge is 0.306 e. The fourth-order valence-electron chi connectivity index (χ4n) is 3.45. The van der Waals surface area contributed by atoms with E-state index in [0.29, 0.717) is 25.9 Å². The number of aliphatic hydroxyl groups excluding tert-OH is 1. The third kappa shape index (κ3) is 3.64. The van der Waals surface area contributed by atoms with Crippen molar-refractivity contribution in [1.29, 1.82) is 0 Å². The second kappa shape index (κ2) is 7.19. The van der Waals surface area contributed by atoms with E-state index in [1.165, 1.54) is 0 Å². The Kier molecular flexibility index (Phi) is 4.99. The van der Waals surface area contributed by atoms with E-state index in [1.54, 1.807) is 4.90 Å². The lowest BCUT2D eigenvalue weighted by Gasteiger charge is -2.30. The van der Waals surface area contributed by atoms with Crippen LogP contribution in [-0.4, -0.2) is 45.1 Å². The number of carboxylic acid groups (broad SMARTS) is 1. The number of carbonyl (C=O) groups is 2. The highest BCUT2D eigenvalue weighted by Gasteiger charge is 2.27. The molecule has 1 amide bonds. The lowest BCUT2D eigenvalue weighted by Crippen LogP contribution is -2.41. The maximum Gasteiger partial charge on any atom is 0.306 e. The number of amides is 1. The molecule has 2 aromatic rings. The summed E-state index contributed by atoms with van der Waals surface area (Å²) in [6.07, 6.45) is 1.24. The lowest BCUT2D eigenvalue weighted by atomic mass is 9.96. The number of aliphatic carboxylic acids is 1. The summed E-state index contributed by atoms with van der Waals surface area (Å²) < 4.78 is 0. The highest BCUT2D eigenvalue weighted by molar-refractivity contribution is 5.89. The Bertz CT molecular complexity index is 810. The maximum absolute atomic E-state index is 12.6. The summed E-state index contributed by atoms with van der Waals surface area (Å²) in [5.41, 5.74) is 3.19. The monoisotopic (exact) mass is 342 g/mol. The number of hydrogen-bond donors (Lipinski definition) is 2. The summed E-state index contributed by atoms with van der Waals surface area (Å²) in [4.78, 5) is 30.0. The zero-order valence-corrected chi connectivity index (χ0v) is 14.2. The lowest BCUT2D eigenvalue weighted by molar-refractivity contribution is -0.145. The number of pyridine rings is 1. The predicted molar refractivity (Wildman–Crippen MR) is 93.0 cm³/mol. The van der Waals surface area contributed by atoms with E-state index in [2.05, 4.69) is 4.98 Å². The van der Waals surface area contributed by atoms with Crippen LogP contribution in [-0.2, 0) is 22.6 Å². The minimum absolute atomic E-state index is 0.00908. The molecular weight excluding hydrogens is 320 g/mol. The van der Waals surface area contributed by atoms with Crippen LogP contribution in [0.1, 0.15) is 29.7 Å². The standard InChI is InChI=1S/C19H22N2O4/c1-12-9-15(11-22)16-4-2-3-14(18(16)20-12)10-17(23)21-7-5-13(6-8-21)19(24)25/h2-4,9,13,22H,5-8,10-11H2,1H3,(H,24,25). The van der Waals surface area contributed by atoms with Crippen LogP contribution in [0, 0.1) is 12.8 Å². The summed E-state index contributed by atoms with van der Waals surface area (Å²) in [5.74, 6) is -1.14. The number of carboxylic acids is 1. The molecule has 0 aliphatic carbocycles. The topological polar surface area (TPSA) is 90.7 Å². The number of para-hydroxylation sites is 1. The summed E-state index contributed by atoms with van der Waals surface area (Å²) >= 11 is 0. The van der Waals surface area contributed by atoms with E-state index in [4.69, 9.17) is 5.11 Å². The van der Waals surface area contributed by atoms with E-state index in [-0.39, 0.29) is 24.9 Å². The van der Waals surface area contributed by atoms with E-state index in [1.807, 2.05) is 31.2 Å². The Morgan fingerprint density at radius 3 is 2.60 bits per heavy atom. The Labute approximate surface area is 146 Å². The van der Waals surface area contributed by atoms with Gasteiger partial charge in [-0.1, -0.05) is 18.2 Å². The molecule has 0 radical (unpaired) electrons. The molecule has 132 valence electrons. The first-order valence-electron chi connectivity index (χ1n) is 8.49. The van der Waals surface area contributed by atoms with Gasteiger partial charge in [0.2, 0.25) is 5.91 Å². The fraction of sp³-hybridized carbons (Fsp3) is 0.421. The Balaban J connectivity index is 1.80. The molecule has 25 heavy (non-hydrogen) atoms. The zero-order chi connectivity index (χ0) is 18.0. The SMILES string of the molecule is Cc1cc(CO)c2cccc(CC(=O)N3CCC(C(=O)O)CC3)c2n1. The summed E-state index contributed by atoms with van der Waals surface area (Å²) in [7, 11) is 0. The van der Waals surface area contributed by atoms with E-state index in [0.717, 1.165) is 27.7 Å². The van der Waals surface area contributed by atoms with E-state index < -0.39 is 5.97 Å². The second-order valence-electron chi connectivity index (χ2n) is 6.56. The molecule has 0 saturated carbocycles. The third-order valence-electron chi connectivity index (χ3n) is 4.85. The van der Waals surface area contributed by atoms with Crippen molar-refractivity contribution in [1.82, 2.24) is 9.88 Å². The minimum atomic E-state index is -0.780. The van der Waals surface area contributed by atoms with Crippen molar-refractivity contribution in [2.75, 3.05) is 13.1 Å². The van der Waals surface area contributed by atoms with Crippen LogP contribution in [0.2, 0.25) is 0 Å². The van der Waals surface area contributed by atoms with Crippen LogP contribution in [0.5, 0.6) is 0 Å². The highest BCUT2D eigenvalue weighted by atomic mass is 16.4. The van der Waals surface area contributed by atoms with Gasteiger partial charge in [0.25, 0.3) is 0 Å². The van der Waals surface area contributed by atoms with Crippen molar-refractivity contribution in [3.8, 4) is 0 Å². The highest BCUT2D eigenvalue weighted by Crippen LogP contribution is 2.24. The summed E-state index contributed by atoms with van der Waals surface area (Å²) in [6, 6.07) is 7.51. The van der Waals surface area contributed by atoms with Crippen LogP contribution in [0.15, 0.2) is 24.3 Å². The molecular formula is C19H22N2O4. The van der Waals surface area contributed by atoms with Crippen molar-refractivity contribution < 1.29 is 19.8 Å². The van der Waals surface area contributed by atoms with Gasteiger partial charge in [-0.15, -0.1) is 0 Å². The van der Waals surface area contributed by atoms with Crippen molar-refractivity contribution >= 4 is 22.8 Å². The van der Waals surface area contributed by atoms with E-state index in [9.17, 15) is 14.7 Å². The number of carbonyl (C=O) groups excluding carboxylic acids is 1. The quantitative estimate of drug-likeness (QED) is 0.886. The molecule has 1 aliphatic rings. The molecule has 2 N–H and O–H groups in total. The Hall–Kier alpha value is -2.47. The largest absolute Gasteiger partial charge is 0.481 e. The van der Waals surface area contributed by atoms with Gasteiger partial charge in [0, 0.05) is 24.2 Å². The molecule has 6 heteroatoms. The van der Waals surface area contributed by atoms with Gasteiger partial charge in [-0.25, -0.2) is 0 Å². The summed E-state index contributed by atoms with van der Waals surface area (Å²) in [5, 5.41) is 19.5. The van der Waals surface area contributed by atoms with Crippen LogP contribution in [0.25, 0.3) is 10.9 Å². The zero-order valence-electron chi connectivity index (χ0n) is 14.2. The van der Waals surface area contributed by atoms with E-state index >= 15 is 0 Å². The molecule has 1 saturated heterocycles.